The quantitative estimate of drug-likeness (QED) is 0.720. The maximum Gasteiger partial charge on any atom is 0.338 e. The minimum atomic E-state index is -0.417. The molecule has 1 aliphatic rings. The van der Waals surface area contributed by atoms with Crippen LogP contribution in [-0.2, 0) is 9.53 Å². The number of nitrogens with one attached hydrogen (secondary N) is 1. The number of rotatable bonds is 4. The molecule has 1 aliphatic heterocycles. The van der Waals surface area contributed by atoms with Crippen molar-refractivity contribution in [3.05, 3.63) is 83.2 Å². The molecule has 6 nitrogen and oxygen atoms in total. The highest BCUT2D eigenvalue weighted by atomic mass is 16.5. The summed E-state index contributed by atoms with van der Waals surface area (Å²) in [6.45, 7) is 4.13. The third kappa shape index (κ3) is 2.99. The Morgan fingerprint density at radius 1 is 1.15 bits per heavy atom. The van der Waals surface area contributed by atoms with Gasteiger partial charge >= 0.3 is 5.97 Å². The zero-order valence-corrected chi connectivity index (χ0v) is 15.2. The van der Waals surface area contributed by atoms with E-state index in [9.17, 15) is 4.79 Å². The Kier molecular flexibility index (Phi) is 4.46. The predicted octanol–water partition coefficient (Wildman–Crippen LogP) is 3.58. The summed E-state index contributed by atoms with van der Waals surface area (Å²) in [5, 5.41) is 7.65. The summed E-state index contributed by atoms with van der Waals surface area (Å²) in [5.41, 5.74) is 4.17. The van der Waals surface area contributed by atoms with E-state index in [1.54, 1.807) is 11.6 Å². The number of aromatic nitrogens is 3. The number of benzene rings is 2. The lowest BCUT2D eigenvalue weighted by atomic mass is 9.90. The number of carbonyl (C=O) groups is 1. The topological polar surface area (TPSA) is 69.0 Å². The molecule has 1 atom stereocenters. The second kappa shape index (κ2) is 7.07. The van der Waals surface area contributed by atoms with Gasteiger partial charge in [0.15, 0.2) is 0 Å². The summed E-state index contributed by atoms with van der Waals surface area (Å²) >= 11 is 0. The molecule has 2 heterocycles. The lowest BCUT2D eigenvalue weighted by molar-refractivity contribution is -0.138. The van der Waals surface area contributed by atoms with Crippen LogP contribution >= 0.6 is 0 Å². The van der Waals surface area contributed by atoms with Crippen LogP contribution in [0.3, 0.4) is 0 Å². The smallest absolute Gasteiger partial charge is 0.338 e. The largest absolute Gasteiger partial charge is 0.463 e. The van der Waals surface area contributed by atoms with Crippen LogP contribution in [0.15, 0.2) is 66.5 Å². The fraction of sp³-hybridized carbons (Fsp3) is 0.190. The number of ether oxygens (including phenoxy) is 1. The van der Waals surface area contributed by atoms with Gasteiger partial charge in [0.1, 0.15) is 12.4 Å². The summed E-state index contributed by atoms with van der Waals surface area (Å²) in [5.74, 6) is 0.230. The third-order valence-electron chi connectivity index (χ3n) is 4.64. The number of fused-ring (bicyclic) bond motifs is 1. The molecule has 136 valence electrons. The normalized spacial score (nSPS) is 15.9. The fourth-order valence-corrected chi connectivity index (χ4v) is 3.40. The molecule has 4 rings (SSSR count). The Hall–Kier alpha value is -3.41. The van der Waals surface area contributed by atoms with Gasteiger partial charge in [-0.3, -0.25) is 0 Å². The molecular weight excluding hydrogens is 340 g/mol. The lowest BCUT2D eigenvalue weighted by Gasteiger charge is -2.30. The number of aryl methyl sites for hydroxylation is 1. The maximum absolute atomic E-state index is 13.0. The molecule has 0 amide bonds. The number of carbonyl (C=O) groups excluding carboxylic acids is 1. The van der Waals surface area contributed by atoms with E-state index in [4.69, 9.17) is 4.74 Å². The highest BCUT2D eigenvalue weighted by Crippen LogP contribution is 2.39. The Balaban J connectivity index is 1.99. The Labute approximate surface area is 157 Å². The Morgan fingerprint density at radius 2 is 1.89 bits per heavy atom. The molecule has 2 aromatic carbocycles. The molecule has 0 saturated carbocycles. The van der Waals surface area contributed by atoms with E-state index in [2.05, 4.69) is 15.4 Å². The minimum absolute atomic E-state index is 0.301. The first-order chi connectivity index (χ1) is 13.2. The summed E-state index contributed by atoms with van der Waals surface area (Å²) in [6, 6.07) is 17.3. The van der Waals surface area contributed by atoms with Gasteiger partial charge in [-0.15, -0.1) is 0 Å². The zero-order valence-electron chi connectivity index (χ0n) is 15.2. The second-order valence-corrected chi connectivity index (χ2v) is 6.29. The van der Waals surface area contributed by atoms with Gasteiger partial charge in [-0.1, -0.05) is 54.6 Å². The Morgan fingerprint density at radius 3 is 2.63 bits per heavy atom. The van der Waals surface area contributed by atoms with Crippen LogP contribution in [0.2, 0.25) is 0 Å². The Bertz CT molecular complexity index is 1010. The van der Waals surface area contributed by atoms with Gasteiger partial charge in [0.25, 0.3) is 0 Å². The van der Waals surface area contributed by atoms with Crippen LogP contribution in [0.4, 0.5) is 5.95 Å². The van der Waals surface area contributed by atoms with Gasteiger partial charge in [0.05, 0.1) is 17.9 Å². The van der Waals surface area contributed by atoms with Gasteiger partial charge in [-0.05, 0) is 30.5 Å². The molecule has 1 N–H and O–H groups in total. The lowest BCUT2D eigenvalue weighted by Crippen LogP contribution is -2.30. The first kappa shape index (κ1) is 17.0. The number of hydrogen-bond donors (Lipinski definition) is 1. The highest BCUT2D eigenvalue weighted by Gasteiger charge is 2.36. The molecule has 0 saturated heterocycles. The van der Waals surface area contributed by atoms with Crippen LogP contribution in [0.5, 0.6) is 0 Å². The minimum Gasteiger partial charge on any atom is -0.463 e. The van der Waals surface area contributed by atoms with Crippen LogP contribution in [0.1, 0.15) is 29.7 Å². The van der Waals surface area contributed by atoms with Crippen molar-refractivity contribution >= 4 is 17.6 Å². The summed E-state index contributed by atoms with van der Waals surface area (Å²) < 4.78 is 7.16. The number of hydrogen-bond acceptors (Lipinski definition) is 5. The number of anilines is 1. The van der Waals surface area contributed by atoms with Crippen molar-refractivity contribution in [1.29, 1.82) is 0 Å². The predicted molar refractivity (Wildman–Crippen MR) is 103 cm³/mol. The van der Waals surface area contributed by atoms with Crippen LogP contribution < -0.4 is 5.32 Å². The molecule has 3 aromatic rings. The van der Waals surface area contributed by atoms with E-state index in [-0.39, 0.29) is 5.97 Å². The molecule has 1 unspecified atom stereocenters. The summed E-state index contributed by atoms with van der Waals surface area (Å²) in [4.78, 5) is 17.4. The van der Waals surface area contributed by atoms with Crippen LogP contribution in [-0.4, -0.2) is 27.3 Å². The van der Waals surface area contributed by atoms with E-state index < -0.39 is 6.04 Å². The van der Waals surface area contributed by atoms with Crippen LogP contribution in [0, 0.1) is 6.92 Å². The monoisotopic (exact) mass is 360 g/mol. The van der Waals surface area contributed by atoms with Crippen molar-refractivity contribution in [2.45, 2.75) is 19.9 Å². The molecule has 0 bridgehead atoms. The summed E-state index contributed by atoms with van der Waals surface area (Å²) in [6.07, 6.45) is 1.49. The average molecular weight is 360 g/mol. The molecule has 0 fully saturated rings. The van der Waals surface area contributed by atoms with Gasteiger partial charge in [0.2, 0.25) is 5.95 Å². The number of esters is 1. The van der Waals surface area contributed by atoms with Crippen molar-refractivity contribution in [3.8, 4) is 0 Å². The van der Waals surface area contributed by atoms with Gasteiger partial charge < -0.3 is 10.1 Å². The fourth-order valence-electron chi connectivity index (χ4n) is 3.40. The van der Waals surface area contributed by atoms with Crippen molar-refractivity contribution in [3.63, 3.8) is 0 Å². The van der Waals surface area contributed by atoms with Crippen molar-refractivity contribution < 1.29 is 9.53 Å². The standard InChI is InChI=1S/C21H20N4O2/c1-3-27-20(26)17-18(15-10-5-4-6-11-15)24-21-22-13-23-25(21)19(17)16-12-8-7-9-14(16)2/h4-13,19H,3H2,1-2H3,(H,22,23,24). The van der Waals surface area contributed by atoms with E-state index in [1.807, 2.05) is 61.5 Å². The molecule has 0 spiro atoms. The zero-order chi connectivity index (χ0) is 18.8. The summed E-state index contributed by atoms with van der Waals surface area (Å²) in [7, 11) is 0. The molecule has 0 aliphatic carbocycles. The first-order valence-electron chi connectivity index (χ1n) is 8.89. The van der Waals surface area contributed by atoms with Crippen molar-refractivity contribution in [2.24, 2.45) is 0 Å². The second-order valence-electron chi connectivity index (χ2n) is 6.29. The van der Waals surface area contributed by atoms with E-state index >= 15 is 0 Å². The van der Waals surface area contributed by atoms with Crippen molar-refractivity contribution in [1.82, 2.24) is 14.8 Å². The molecule has 27 heavy (non-hydrogen) atoms. The SMILES string of the molecule is CCOC(=O)C1=C(c2ccccc2)Nc2ncnn2C1c1ccccc1C. The molecule has 0 radical (unpaired) electrons. The van der Waals surface area contributed by atoms with Crippen LogP contribution in [0.25, 0.3) is 5.70 Å². The average Bonchev–Trinajstić information content (AvgIpc) is 3.16. The van der Waals surface area contributed by atoms with E-state index in [0.29, 0.717) is 23.8 Å². The van der Waals surface area contributed by atoms with E-state index in [0.717, 1.165) is 16.7 Å². The molecule has 6 heteroatoms. The van der Waals surface area contributed by atoms with Crippen molar-refractivity contribution in [2.75, 3.05) is 11.9 Å². The molecule has 1 aromatic heterocycles. The van der Waals surface area contributed by atoms with Gasteiger partial charge in [-0.2, -0.15) is 10.1 Å². The highest BCUT2D eigenvalue weighted by molar-refractivity contribution is 6.02. The van der Waals surface area contributed by atoms with Gasteiger partial charge in [-0.25, -0.2) is 9.48 Å². The van der Waals surface area contributed by atoms with E-state index in [1.165, 1.54) is 6.33 Å². The maximum atomic E-state index is 13.0. The first-order valence-corrected chi connectivity index (χ1v) is 8.89. The molecular formula is C21H20N4O2. The number of nitrogens with zero attached hydrogens (tertiary/aromatic N) is 3. The third-order valence-corrected chi connectivity index (χ3v) is 4.64. The van der Waals surface area contributed by atoms with Gasteiger partial charge in [0, 0.05) is 0 Å².